The van der Waals surface area contributed by atoms with Crippen molar-refractivity contribution in [2.45, 2.75) is 13.0 Å². The Labute approximate surface area is 167 Å². The molecule has 154 valence electrons. The molecule has 1 aliphatic heterocycles. The highest BCUT2D eigenvalue weighted by molar-refractivity contribution is 5.70. The number of halogens is 1. The van der Waals surface area contributed by atoms with Crippen molar-refractivity contribution in [2.24, 2.45) is 0 Å². The van der Waals surface area contributed by atoms with Crippen molar-refractivity contribution < 1.29 is 14.2 Å². The number of pyridine rings is 1. The maximum Gasteiger partial charge on any atom is 0.222 e. The van der Waals surface area contributed by atoms with E-state index in [9.17, 15) is 9.50 Å². The molecule has 0 radical (unpaired) electrons. The fourth-order valence-corrected chi connectivity index (χ4v) is 2.89. The van der Waals surface area contributed by atoms with Gasteiger partial charge in [0.05, 0.1) is 18.3 Å². The van der Waals surface area contributed by atoms with Crippen LogP contribution in [0.1, 0.15) is 24.2 Å². The molecule has 0 aliphatic carbocycles. The first-order valence-electron chi connectivity index (χ1n) is 9.12. The van der Waals surface area contributed by atoms with Gasteiger partial charge in [-0.25, -0.2) is 14.4 Å². The number of nitrogens with zero attached hydrogens (tertiary/aromatic N) is 4. The van der Waals surface area contributed by atoms with E-state index in [0.717, 1.165) is 0 Å². The van der Waals surface area contributed by atoms with Gasteiger partial charge in [0.15, 0.2) is 11.6 Å². The van der Waals surface area contributed by atoms with Crippen LogP contribution in [0.5, 0.6) is 0 Å². The molecular formula is C19H24FN7O2. The highest BCUT2D eigenvalue weighted by Crippen LogP contribution is 2.29. The number of nitrogen functional groups attached to an aromatic ring is 2. The summed E-state index contributed by atoms with van der Waals surface area (Å²) in [4.78, 5) is 14.1. The fraction of sp³-hybridized carbons (Fsp3) is 0.316. The lowest BCUT2D eigenvalue weighted by Gasteiger charge is -2.25. The predicted octanol–water partition coefficient (Wildman–Crippen LogP) is 1.78. The first kappa shape index (κ1) is 20.3. The molecule has 0 aromatic carbocycles. The summed E-state index contributed by atoms with van der Waals surface area (Å²) in [6, 6.07) is 2.64. The van der Waals surface area contributed by atoms with Crippen LogP contribution in [0.25, 0.3) is 5.70 Å². The molecule has 0 fully saturated rings. The smallest absolute Gasteiger partial charge is 0.222 e. The van der Waals surface area contributed by atoms with Gasteiger partial charge >= 0.3 is 0 Å². The first-order chi connectivity index (χ1) is 13.9. The Morgan fingerprint density at radius 3 is 2.90 bits per heavy atom. The topological polar surface area (TPSA) is 135 Å². The van der Waals surface area contributed by atoms with Crippen molar-refractivity contribution in [3.8, 4) is 0 Å². The molecule has 0 spiro atoms. The molecule has 1 aliphatic rings. The number of nitrogens with one attached hydrogen (secondary N) is 1. The van der Waals surface area contributed by atoms with Gasteiger partial charge in [-0.15, -0.1) is 0 Å². The Morgan fingerprint density at radius 1 is 1.34 bits per heavy atom. The number of dihydropyridines is 1. The minimum absolute atomic E-state index is 0.0494. The Bertz CT molecular complexity index is 948. The van der Waals surface area contributed by atoms with E-state index < -0.39 is 11.9 Å². The van der Waals surface area contributed by atoms with Gasteiger partial charge in [0.1, 0.15) is 17.3 Å². The van der Waals surface area contributed by atoms with Crippen LogP contribution >= 0.6 is 0 Å². The average Bonchev–Trinajstić information content (AvgIpc) is 2.70. The summed E-state index contributed by atoms with van der Waals surface area (Å²) < 4.78 is 19.8. The summed E-state index contributed by atoms with van der Waals surface area (Å²) in [7, 11) is 1.85. The molecule has 0 saturated carbocycles. The zero-order chi connectivity index (χ0) is 21.0. The Balaban J connectivity index is 1.89. The van der Waals surface area contributed by atoms with Crippen molar-refractivity contribution in [1.82, 2.24) is 20.3 Å². The summed E-state index contributed by atoms with van der Waals surface area (Å²) in [5.41, 5.74) is 12.4. The second-order valence-corrected chi connectivity index (χ2v) is 6.43. The predicted molar refractivity (Wildman–Crippen MR) is 109 cm³/mol. The van der Waals surface area contributed by atoms with Gasteiger partial charge in [-0.2, -0.15) is 4.98 Å². The van der Waals surface area contributed by atoms with Crippen LogP contribution in [0, 0.1) is 5.82 Å². The Kier molecular flexibility index (Phi) is 6.13. The number of rotatable bonds is 7. The van der Waals surface area contributed by atoms with Gasteiger partial charge in [-0.05, 0) is 19.1 Å². The lowest BCUT2D eigenvalue weighted by molar-refractivity contribution is 0.154. The van der Waals surface area contributed by atoms with Gasteiger partial charge in [-0.1, -0.05) is 6.08 Å². The highest BCUT2D eigenvalue weighted by atomic mass is 19.1. The molecule has 29 heavy (non-hydrogen) atoms. The molecule has 10 heteroatoms. The summed E-state index contributed by atoms with van der Waals surface area (Å²) in [5.74, 6) is -0.241. The second-order valence-electron chi connectivity index (χ2n) is 6.43. The van der Waals surface area contributed by atoms with Crippen LogP contribution in [-0.4, -0.2) is 46.9 Å². The lowest BCUT2D eigenvalue weighted by Crippen LogP contribution is -2.26. The maximum absolute atomic E-state index is 14.4. The zero-order valence-electron chi connectivity index (χ0n) is 16.3. The average molecular weight is 401 g/mol. The molecular weight excluding hydrogens is 377 g/mol. The number of allylic oxidation sites excluding steroid dienone is 1. The largest absolute Gasteiger partial charge is 0.506 e. The third kappa shape index (κ3) is 4.54. The van der Waals surface area contributed by atoms with Crippen molar-refractivity contribution in [1.29, 1.82) is 0 Å². The normalized spacial score (nSPS) is 16.0. The number of hydrogen-bond donors (Lipinski definition) is 4. The van der Waals surface area contributed by atoms with E-state index in [2.05, 4.69) is 20.3 Å². The summed E-state index contributed by atoms with van der Waals surface area (Å²) in [5, 5.41) is 13.4. The third-order valence-corrected chi connectivity index (χ3v) is 4.44. The van der Waals surface area contributed by atoms with Crippen LogP contribution in [0.4, 0.5) is 22.0 Å². The van der Waals surface area contributed by atoms with E-state index in [1.807, 2.05) is 18.9 Å². The van der Waals surface area contributed by atoms with Gasteiger partial charge in [0.2, 0.25) is 5.95 Å². The number of aliphatic hydroxyl groups excluding tert-OH is 1. The van der Waals surface area contributed by atoms with E-state index >= 15 is 0 Å². The van der Waals surface area contributed by atoms with Crippen molar-refractivity contribution >= 4 is 23.3 Å². The monoisotopic (exact) mass is 401 g/mol. The van der Waals surface area contributed by atoms with E-state index in [-0.39, 0.29) is 17.5 Å². The molecule has 3 heterocycles. The van der Waals surface area contributed by atoms with E-state index in [0.29, 0.717) is 42.5 Å². The number of nitrogens with two attached hydrogens (primary N) is 2. The Hall–Kier alpha value is -3.40. The zero-order valence-corrected chi connectivity index (χ0v) is 16.3. The molecule has 0 bridgehead atoms. The standard InChI is InChI=1S/C19H24FN7O2/c1-3-29-9-8-27(2)15-10-13(25-19(22)26-15)17-14(28)5-4-12(24-17)11-6-7-23-18(21)16(11)20/h4-7,10,12,24,28H,3,8-9H2,1-2H3,(H2,21,23)(H2,22,25,26). The molecule has 2 aromatic rings. The van der Waals surface area contributed by atoms with Gasteiger partial charge in [-0.3, -0.25) is 0 Å². The molecule has 1 unspecified atom stereocenters. The van der Waals surface area contributed by atoms with Crippen LogP contribution in [-0.2, 0) is 4.74 Å². The summed E-state index contributed by atoms with van der Waals surface area (Å²) >= 11 is 0. The minimum Gasteiger partial charge on any atom is -0.506 e. The molecule has 1 atom stereocenters. The van der Waals surface area contributed by atoms with Crippen molar-refractivity contribution in [3.63, 3.8) is 0 Å². The quantitative estimate of drug-likeness (QED) is 0.512. The highest BCUT2D eigenvalue weighted by Gasteiger charge is 2.23. The number of ether oxygens (including phenoxy) is 1. The SMILES string of the molecule is CCOCCN(C)c1cc(C2=C(O)C=CC(c3ccnc(N)c3F)N2)nc(N)n1. The number of anilines is 3. The number of aromatic nitrogens is 3. The van der Waals surface area contributed by atoms with Crippen molar-refractivity contribution in [3.05, 3.63) is 53.3 Å². The second kappa shape index (κ2) is 8.74. The molecule has 0 amide bonds. The first-order valence-corrected chi connectivity index (χ1v) is 9.12. The molecule has 9 nitrogen and oxygen atoms in total. The van der Waals surface area contributed by atoms with Crippen LogP contribution in [0.15, 0.2) is 36.2 Å². The third-order valence-electron chi connectivity index (χ3n) is 4.44. The lowest BCUT2D eigenvalue weighted by atomic mass is 10.0. The molecule has 3 rings (SSSR count). The maximum atomic E-state index is 14.4. The van der Waals surface area contributed by atoms with Crippen LogP contribution < -0.4 is 21.7 Å². The number of hydrogen-bond acceptors (Lipinski definition) is 9. The number of likely N-dealkylation sites (N-methyl/N-ethyl adjacent to an activating group) is 1. The van der Waals surface area contributed by atoms with Crippen molar-refractivity contribution in [2.75, 3.05) is 43.2 Å². The Morgan fingerprint density at radius 2 is 2.14 bits per heavy atom. The summed E-state index contributed by atoms with van der Waals surface area (Å²) in [6.07, 6.45) is 4.52. The molecule has 6 N–H and O–H groups in total. The van der Waals surface area contributed by atoms with E-state index in [4.69, 9.17) is 16.2 Å². The van der Waals surface area contributed by atoms with E-state index in [1.165, 1.54) is 18.3 Å². The van der Waals surface area contributed by atoms with Gasteiger partial charge < -0.3 is 31.5 Å². The minimum atomic E-state index is -0.617. The molecule has 2 aromatic heterocycles. The molecule has 0 saturated heterocycles. The van der Waals surface area contributed by atoms with E-state index in [1.54, 1.807) is 12.1 Å². The fourth-order valence-electron chi connectivity index (χ4n) is 2.89. The summed E-state index contributed by atoms with van der Waals surface area (Å²) in [6.45, 7) is 3.69. The van der Waals surface area contributed by atoms with Gasteiger partial charge in [0, 0.05) is 38.0 Å². The van der Waals surface area contributed by atoms with Crippen LogP contribution in [0.3, 0.4) is 0 Å². The van der Waals surface area contributed by atoms with Crippen LogP contribution in [0.2, 0.25) is 0 Å². The number of aliphatic hydroxyl groups is 1. The van der Waals surface area contributed by atoms with Gasteiger partial charge in [0.25, 0.3) is 0 Å².